The second-order valence-electron chi connectivity index (χ2n) is 17.2. The summed E-state index contributed by atoms with van der Waals surface area (Å²) in [6.45, 7) is 4.73. The predicted molar refractivity (Wildman–Crippen MR) is 271 cm³/mol. The lowest BCUT2D eigenvalue weighted by Gasteiger charge is -2.23. The van der Waals surface area contributed by atoms with Gasteiger partial charge in [-0.05, 0) is 143 Å². The van der Waals surface area contributed by atoms with Crippen LogP contribution in [0.15, 0.2) is 229 Å². The molecule has 1 aliphatic carbocycles. The molecule has 300 valence electrons. The highest BCUT2D eigenvalue weighted by Gasteiger charge is 2.36. The van der Waals surface area contributed by atoms with E-state index in [-0.39, 0.29) is 5.41 Å². The molecule has 0 bridgehead atoms. The van der Waals surface area contributed by atoms with Gasteiger partial charge in [-0.3, -0.25) is 0 Å². The zero-order valence-corrected chi connectivity index (χ0v) is 36.2. The number of hydrogen-bond donors (Lipinski definition) is 2. The molecule has 0 atom stereocenters. The Balaban J connectivity index is 0.936. The van der Waals surface area contributed by atoms with Crippen LogP contribution in [0.4, 0.5) is 11.4 Å². The van der Waals surface area contributed by atoms with Gasteiger partial charge < -0.3 is 5.32 Å². The first-order valence-corrected chi connectivity index (χ1v) is 22.2. The van der Waals surface area contributed by atoms with Crippen LogP contribution < -0.4 is 5.32 Å². The lowest BCUT2D eigenvalue weighted by molar-refractivity contribution is 0.661. The van der Waals surface area contributed by atoms with Gasteiger partial charge in [0, 0.05) is 27.2 Å². The van der Waals surface area contributed by atoms with Crippen molar-refractivity contribution in [3.63, 3.8) is 0 Å². The first-order chi connectivity index (χ1) is 30.9. The van der Waals surface area contributed by atoms with E-state index in [9.17, 15) is 0 Å². The predicted octanol–water partition coefficient (Wildman–Crippen LogP) is 17.2. The van der Waals surface area contributed by atoms with Crippen molar-refractivity contribution in [1.82, 2.24) is 0 Å². The van der Waals surface area contributed by atoms with Crippen molar-refractivity contribution in [3.05, 3.63) is 236 Å². The van der Waals surface area contributed by atoms with E-state index in [0.717, 1.165) is 33.0 Å². The maximum atomic E-state index is 4.74. The molecule has 0 saturated carbocycles. The number of hydrogen-bond acceptors (Lipinski definition) is 2. The smallest absolute Gasteiger partial charge is 0.0464 e. The third kappa shape index (κ3) is 7.13. The van der Waals surface area contributed by atoms with Crippen LogP contribution in [0.25, 0.3) is 88.7 Å². The summed E-state index contributed by atoms with van der Waals surface area (Å²) in [5, 5.41) is 6.42. The zero-order valence-electron chi connectivity index (χ0n) is 35.3. The van der Waals surface area contributed by atoms with Crippen molar-refractivity contribution < 1.29 is 0 Å². The minimum atomic E-state index is -0.167. The summed E-state index contributed by atoms with van der Waals surface area (Å²) in [4.78, 5) is 0.975. The fraction of sp³-hybridized carbons (Fsp3) is 0.0492. The lowest BCUT2D eigenvalue weighted by atomic mass is 9.81. The normalized spacial score (nSPS) is 12.5. The van der Waals surface area contributed by atoms with Crippen LogP contribution in [0.3, 0.4) is 0 Å². The third-order valence-corrected chi connectivity index (χ3v) is 13.4. The summed E-state index contributed by atoms with van der Waals surface area (Å²) >= 11 is 4.74. The second-order valence-corrected chi connectivity index (χ2v) is 17.7. The highest BCUT2D eigenvalue weighted by Crippen LogP contribution is 2.51. The Bertz CT molecular complexity index is 3340. The Morgan fingerprint density at radius 1 is 0.317 bits per heavy atom. The molecular formula is C61H45NS. The number of rotatable bonds is 8. The Morgan fingerprint density at radius 2 is 0.857 bits per heavy atom. The van der Waals surface area contributed by atoms with Gasteiger partial charge in [-0.25, -0.2) is 0 Å². The van der Waals surface area contributed by atoms with Gasteiger partial charge in [-0.15, -0.1) is 12.6 Å². The van der Waals surface area contributed by atoms with E-state index < -0.39 is 0 Å². The van der Waals surface area contributed by atoms with Gasteiger partial charge in [0.05, 0.1) is 0 Å². The molecule has 2 heteroatoms. The van der Waals surface area contributed by atoms with Crippen LogP contribution in [0.1, 0.15) is 25.0 Å². The van der Waals surface area contributed by atoms with Gasteiger partial charge in [0.2, 0.25) is 0 Å². The number of anilines is 2. The average Bonchev–Trinajstić information content (AvgIpc) is 3.56. The van der Waals surface area contributed by atoms with E-state index in [2.05, 4.69) is 231 Å². The molecule has 1 nitrogen and oxygen atoms in total. The van der Waals surface area contributed by atoms with Crippen LogP contribution >= 0.6 is 12.6 Å². The molecule has 0 spiro atoms. The summed E-state index contributed by atoms with van der Waals surface area (Å²) in [6.07, 6.45) is 0. The number of benzene rings is 10. The quantitative estimate of drug-likeness (QED) is 0.146. The summed E-state index contributed by atoms with van der Waals surface area (Å²) in [5.74, 6) is 0. The van der Waals surface area contributed by atoms with E-state index in [1.165, 1.54) is 83.1 Å². The first kappa shape index (κ1) is 38.5. The monoisotopic (exact) mass is 823 g/mol. The summed E-state index contributed by atoms with van der Waals surface area (Å²) < 4.78 is 0. The Morgan fingerprint density at radius 3 is 1.67 bits per heavy atom. The van der Waals surface area contributed by atoms with Gasteiger partial charge in [0.25, 0.3) is 0 Å². The average molecular weight is 824 g/mol. The molecule has 0 amide bonds. The van der Waals surface area contributed by atoms with E-state index in [1.54, 1.807) is 0 Å². The van der Waals surface area contributed by atoms with Crippen molar-refractivity contribution in [1.29, 1.82) is 0 Å². The summed E-state index contributed by atoms with van der Waals surface area (Å²) in [6, 6.07) is 81.6. The minimum absolute atomic E-state index is 0.167. The molecule has 0 aromatic heterocycles. The van der Waals surface area contributed by atoms with Crippen molar-refractivity contribution in [3.8, 4) is 77.9 Å². The molecule has 0 saturated heterocycles. The molecule has 0 radical (unpaired) electrons. The first-order valence-electron chi connectivity index (χ1n) is 21.7. The Kier molecular flexibility index (Phi) is 9.67. The SMILES string of the molecule is CC1(C)c2cc(Nc3ccccc3-c3ccc(-c4ccccc4)cc3-c3ccc(-c4cccc(-c5ccccc5S)c4)cc3)ccc2-c2ccc(-c3ccc4ccccc4c3)cc21. The fourth-order valence-corrected chi connectivity index (χ4v) is 9.89. The summed E-state index contributed by atoms with van der Waals surface area (Å²) in [7, 11) is 0. The van der Waals surface area contributed by atoms with Crippen molar-refractivity contribution in [2.45, 2.75) is 24.2 Å². The van der Waals surface area contributed by atoms with Crippen molar-refractivity contribution in [2.75, 3.05) is 5.32 Å². The standard InChI is InChI=1S/C61H45NS/c1-61(2)57-38-48(46-28-25-41-15-6-7-16-44(41)35-46)30-33-53(57)54-34-31-50(39-58(54)61)62-59-21-10-8-20-55(59)52-32-29-47(40-13-4-3-5-14-40)37-56(52)43-26-23-42(24-27-43)45-17-12-18-49(36-45)51-19-9-11-22-60(51)63/h3-39,62-63H,1-2H3. The van der Waals surface area contributed by atoms with E-state index in [4.69, 9.17) is 12.6 Å². The molecule has 0 aliphatic heterocycles. The van der Waals surface area contributed by atoms with Crippen molar-refractivity contribution in [2.24, 2.45) is 0 Å². The van der Waals surface area contributed by atoms with E-state index in [0.29, 0.717) is 0 Å². The van der Waals surface area contributed by atoms with E-state index in [1.807, 2.05) is 12.1 Å². The van der Waals surface area contributed by atoms with Crippen LogP contribution in [0.5, 0.6) is 0 Å². The molecule has 0 heterocycles. The molecular weight excluding hydrogens is 779 g/mol. The lowest BCUT2D eigenvalue weighted by Crippen LogP contribution is -2.15. The summed E-state index contributed by atoms with van der Waals surface area (Å²) in [5.41, 5.74) is 21.5. The molecule has 1 N–H and O–H groups in total. The van der Waals surface area contributed by atoms with Crippen LogP contribution in [0, 0.1) is 0 Å². The number of thiol groups is 1. The molecule has 63 heavy (non-hydrogen) atoms. The van der Waals surface area contributed by atoms with Crippen LogP contribution in [-0.2, 0) is 5.41 Å². The Labute approximate surface area is 375 Å². The van der Waals surface area contributed by atoms with Crippen LogP contribution in [-0.4, -0.2) is 0 Å². The van der Waals surface area contributed by atoms with Gasteiger partial charge >= 0.3 is 0 Å². The zero-order chi connectivity index (χ0) is 42.5. The molecule has 1 aliphatic rings. The highest BCUT2D eigenvalue weighted by molar-refractivity contribution is 7.80. The molecule has 10 aromatic carbocycles. The van der Waals surface area contributed by atoms with Gasteiger partial charge in [0.15, 0.2) is 0 Å². The van der Waals surface area contributed by atoms with Crippen LogP contribution in [0.2, 0.25) is 0 Å². The number of nitrogens with one attached hydrogen (secondary N) is 1. The maximum Gasteiger partial charge on any atom is 0.0464 e. The largest absolute Gasteiger partial charge is 0.355 e. The molecule has 11 rings (SSSR count). The topological polar surface area (TPSA) is 12.0 Å². The van der Waals surface area contributed by atoms with E-state index >= 15 is 0 Å². The minimum Gasteiger partial charge on any atom is -0.355 e. The highest BCUT2D eigenvalue weighted by atomic mass is 32.1. The molecule has 0 fully saturated rings. The number of fused-ring (bicyclic) bond motifs is 4. The molecule has 0 unspecified atom stereocenters. The third-order valence-electron chi connectivity index (χ3n) is 13.0. The second kappa shape index (κ2) is 15.8. The van der Waals surface area contributed by atoms with Crippen molar-refractivity contribution >= 4 is 34.8 Å². The maximum absolute atomic E-state index is 4.74. The number of para-hydroxylation sites is 1. The molecule has 10 aromatic rings. The van der Waals surface area contributed by atoms with Gasteiger partial charge in [0.1, 0.15) is 0 Å². The van der Waals surface area contributed by atoms with Gasteiger partial charge in [-0.1, -0.05) is 190 Å². The Hall–Kier alpha value is -7.39. The fourth-order valence-electron chi connectivity index (χ4n) is 9.60. The van der Waals surface area contributed by atoms with Gasteiger partial charge in [-0.2, -0.15) is 0 Å².